The molecule has 3 heteroatoms. The van der Waals surface area contributed by atoms with Crippen molar-refractivity contribution in [3.8, 4) is 0 Å². The molecule has 1 aliphatic rings. The van der Waals surface area contributed by atoms with Gasteiger partial charge in [0, 0.05) is 18.5 Å². The molecule has 16 heavy (non-hydrogen) atoms. The summed E-state index contributed by atoms with van der Waals surface area (Å²) in [7, 11) is 0. The van der Waals surface area contributed by atoms with Gasteiger partial charge in [-0.25, -0.2) is 4.39 Å². The second-order valence-corrected chi connectivity index (χ2v) is 5.01. The molecule has 0 radical (unpaired) electrons. The number of benzene rings is 1. The first-order chi connectivity index (χ1) is 7.47. The molecule has 1 aromatic carbocycles. The lowest BCUT2D eigenvalue weighted by atomic mass is 10.0. The SMILES string of the molecule is CC1(C)CC(=O)CN1Cc1ccc(F)cc1. The van der Waals surface area contributed by atoms with E-state index in [4.69, 9.17) is 0 Å². The number of carbonyl (C=O) groups is 1. The summed E-state index contributed by atoms with van der Waals surface area (Å²) >= 11 is 0. The van der Waals surface area contributed by atoms with E-state index >= 15 is 0 Å². The van der Waals surface area contributed by atoms with Crippen LogP contribution >= 0.6 is 0 Å². The molecular weight excluding hydrogens is 205 g/mol. The monoisotopic (exact) mass is 221 g/mol. The topological polar surface area (TPSA) is 20.3 Å². The maximum Gasteiger partial charge on any atom is 0.148 e. The minimum atomic E-state index is -0.222. The highest BCUT2D eigenvalue weighted by atomic mass is 19.1. The molecule has 1 saturated heterocycles. The van der Waals surface area contributed by atoms with E-state index in [0.717, 1.165) is 5.56 Å². The maximum atomic E-state index is 12.7. The third-order valence-electron chi connectivity index (χ3n) is 3.14. The molecule has 86 valence electrons. The van der Waals surface area contributed by atoms with Crippen LogP contribution in [0.15, 0.2) is 24.3 Å². The molecule has 0 saturated carbocycles. The van der Waals surface area contributed by atoms with Crippen molar-refractivity contribution in [3.05, 3.63) is 35.6 Å². The molecule has 1 heterocycles. The predicted molar refractivity (Wildman–Crippen MR) is 60.5 cm³/mol. The Morgan fingerprint density at radius 3 is 2.44 bits per heavy atom. The Labute approximate surface area is 95.1 Å². The number of hydrogen-bond acceptors (Lipinski definition) is 2. The standard InChI is InChI=1S/C13H16FNO/c1-13(2)7-12(16)9-15(13)8-10-3-5-11(14)6-4-10/h3-6H,7-9H2,1-2H3. The van der Waals surface area contributed by atoms with Gasteiger partial charge >= 0.3 is 0 Å². The van der Waals surface area contributed by atoms with Crippen molar-refractivity contribution in [1.82, 2.24) is 4.90 Å². The van der Waals surface area contributed by atoms with Gasteiger partial charge in [-0.1, -0.05) is 12.1 Å². The van der Waals surface area contributed by atoms with Gasteiger partial charge in [0.15, 0.2) is 0 Å². The van der Waals surface area contributed by atoms with E-state index in [9.17, 15) is 9.18 Å². The molecule has 0 bridgehead atoms. The summed E-state index contributed by atoms with van der Waals surface area (Å²) < 4.78 is 12.7. The first kappa shape index (κ1) is 11.3. The first-order valence-corrected chi connectivity index (χ1v) is 5.48. The number of ketones is 1. The zero-order valence-electron chi connectivity index (χ0n) is 9.66. The van der Waals surface area contributed by atoms with Gasteiger partial charge in [0.2, 0.25) is 0 Å². The van der Waals surface area contributed by atoms with Gasteiger partial charge in [-0.2, -0.15) is 0 Å². The summed E-state index contributed by atoms with van der Waals surface area (Å²) in [5, 5.41) is 0. The number of nitrogens with zero attached hydrogens (tertiary/aromatic N) is 1. The zero-order chi connectivity index (χ0) is 11.8. The Bertz CT molecular complexity index is 397. The van der Waals surface area contributed by atoms with Crippen molar-refractivity contribution < 1.29 is 9.18 Å². The van der Waals surface area contributed by atoms with Crippen LogP contribution in [-0.4, -0.2) is 22.8 Å². The molecule has 0 aromatic heterocycles. The fourth-order valence-corrected chi connectivity index (χ4v) is 2.16. The average molecular weight is 221 g/mol. The molecule has 1 aliphatic heterocycles. The second kappa shape index (κ2) is 3.98. The molecule has 2 rings (SSSR count). The largest absolute Gasteiger partial charge is 0.298 e. The van der Waals surface area contributed by atoms with Crippen LogP contribution in [0.3, 0.4) is 0 Å². The predicted octanol–water partition coefficient (Wildman–Crippen LogP) is 2.38. The summed E-state index contributed by atoms with van der Waals surface area (Å²) in [6.45, 7) is 5.35. The molecule has 1 aromatic rings. The number of likely N-dealkylation sites (tertiary alicyclic amines) is 1. The van der Waals surface area contributed by atoms with Crippen LogP contribution in [0.25, 0.3) is 0 Å². The van der Waals surface area contributed by atoms with Crippen molar-refractivity contribution in [2.75, 3.05) is 6.54 Å². The first-order valence-electron chi connectivity index (χ1n) is 5.48. The number of carbonyl (C=O) groups excluding carboxylic acids is 1. The van der Waals surface area contributed by atoms with Crippen molar-refractivity contribution in [2.45, 2.75) is 32.4 Å². The maximum absolute atomic E-state index is 12.7. The molecule has 0 atom stereocenters. The second-order valence-electron chi connectivity index (χ2n) is 5.01. The Hall–Kier alpha value is -1.22. The van der Waals surface area contributed by atoms with E-state index < -0.39 is 0 Å². The van der Waals surface area contributed by atoms with Crippen LogP contribution < -0.4 is 0 Å². The Balaban J connectivity index is 2.10. The molecule has 2 nitrogen and oxygen atoms in total. The summed E-state index contributed by atoms with van der Waals surface area (Å²) in [5.74, 6) is 0.0626. The molecule has 0 amide bonds. The lowest BCUT2D eigenvalue weighted by molar-refractivity contribution is -0.117. The fourth-order valence-electron chi connectivity index (χ4n) is 2.16. The molecule has 0 unspecified atom stereocenters. The van der Waals surface area contributed by atoms with Gasteiger partial charge in [0.25, 0.3) is 0 Å². The number of Topliss-reactive ketones (excluding diaryl/α,β-unsaturated/α-hetero) is 1. The van der Waals surface area contributed by atoms with E-state index in [-0.39, 0.29) is 17.1 Å². The lowest BCUT2D eigenvalue weighted by Gasteiger charge is -2.30. The summed E-state index contributed by atoms with van der Waals surface area (Å²) in [5.41, 5.74) is 0.968. The summed E-state index contributed by atoms with van der Waals surface area (Å²) in [6, 6.07) is 6.46. The highest BCUT2D eigenvalue weighted by Gasteiger charge is 2.36. The normalized spacial score (nSPS) is 20.3. The Kier molecular flexibility index (Phi) is 2.80. The van der Waals surface area contributed by atoms with Gasteiger partial charge in [-0.3, -0.25) is 9.69 Å². The van der Waals surface area contributed by atoms with Crippen molar-refractivity contribution in [3.63, 3.8) is 0 Å². The van der Waals surface area contributed by atoms with Crippen LogP contribution in [0, 0.1) is 5.82 Å². The number of hydrogen-bond donors (Lipinski definition) is 0. The fraction of sp³-hybridized carbons (Fsp3) is 0.462. The molecule has 1 fully saturated rings. The van der Waals surface area contributed by atoms with Crippen molar-refractivity contribution in [1.29, 1.82) is 0 Å². The molecular formula is C13H16FNO. The third kappa shape index (κ3) is 2.30. The minimum absolute atomic E-state index is 0.0779. The van der Waals surface area contributed by atoms with E-state index in [1.807, 2.05) is 0 Å². The van der Waals surface area contributed by atoms with E-state index in [2.05, 4.69) is 18.7 Å². The van der Waals surface area contributed by atoms with E-state index in [1.54, 1.807) is 12.1 Å². The van der Waals surface area contributed by atoms with Gasteiger partial charge < -0.3 is 0 Å². The molecule has 0 N–H and O–H groups in total. The lowest BCUT2D eigenvalue weighted by Crippen LogP contribution is -2.37. The van der Waals surface area contributed by atoms with Crippen molar-refractivity contribution in [2.24, 2.45) is 0 Å². The highest BCUT2D eigenvalue weighted by Crippen LogP contribution is 2.27. The smallest absolute Gasteiger partial charge is 0.148 e. The molecule has 0 spiro atoms. The van der Waals surface area contributed by atoms with Crippen LogP contribution in [-0.2, 0) is 11.3 Å². The highest BCUT2D eigenvalue weighted by molar-refractivity contribution is 5.84. The van der Waals surface area contributed by atoms with Gasteiger partial charge in [-0.15, -0.1) is 0 Å². The average Bonchev–Trinajstić information content (AvgIpc) is 2.43. The minimum Gasteiger partial charge on any atom is -0.298 e. The summed E-state index contributed by atoms with van der Waals surface area (Å²) in [4.78, 5) is 13.6. The Morgan fingerprint density at radius 2 is 1.94 bits per heavy atom. The van der Waals surface area contributed by atoms with Crippen molar-refractivity contribution >= 4 is 5.78 Å². The quantitative estimate of drug-likeness (QED) is 0.764. The third-order valence-corrected chi connectivity index (χ3v) is 3.14. The van der Waals surface area contributed by atoms with Crippen LogP contribution in [0.5, 0.6) is 0 Å². The van der Waals surface area contributed by atoms with Gasteiger partial charge in [-0.05, 0) is 31.5 Å². The van der Waals surface area contributed by atoms with E-state index in [0.29, 0.717) is 19.5 Å². The summed E-state index contributed by atoms with van der Waals surface area (Å²) in [6.07, 6.45) is 0.605. The zero-order valence-corrected chi connectivity index (χ0v) is 9.66. The van der Waals surface area contributed by atoms with Gasteiger partial charge in [0.05, 0.1) is 6.54 Å². The van der Waals surface area contributed by atoms with Crippen LogP contribution in [0.1, 0.15) is 25.8 Å². The van der Waals surface area contributed by atoms with Crippen LogP contribution in [0.2, 0.25) is 0 Å². The molecule has 0 aliphatic carbocycles. The number of rotatable bonds is 2. The van der Waals surface area contributed by atoms with Crippen LogP contribution in [0.4, 0.5) is 4.39 Å². The van der Waals surface area contributed by atoms with E-state index in [1.165, 1.54) is 12.1 Å². The Morgan fingerprint density at radius 1 is 1.31 bits per heavy atom. The van der Waals surface area contributed by atoms with Gasteiger partial charge in [0.1, 0.15) is 11.6 Å². The number of halogens is 1.